The Morgan fingerprint density at radius 1 is 0.771 bits per heavy atom. The molecule has 9 rings (SSSR count). The van der Waals surface area contributed by atoms with E-state index in [1.54, 1.807) is 85.3 Å². The standard InChI is InChI=1S/C55H45FN8O6/c1-3-69-48(66)35-70-47-32-16-14-29-43(47)46(34-65)63-50-36(2)19-17-30-44(50)49(42-28-13-15-31-45(42)56)58-51(53(63)67)59-54(68)57-41-27-18-20-37(33-41)52-60-61-62-64(52)55(38-21-7-4-8-22-38,39-23-9-5-10-24-39)40-25-11-6-12-26-40/h4-34,46,51H,3,35H2,1-2H3,(H2,57,59,68)/t46?,51-/m0/s1. The second-order valence-electron chi connectivity index (χ2n) is 16.2. The largest absolute Gasteiger partial charge is 0.482 e. The summed E-state index contributed by atoms with van der Waals surface area (Å²) in [5.74, 6) is -1.56. The highest BCUT2D eigenvalue weighted by Crippen LogP contribution is 2.43. The first-order chi connectivity index (χ1) is 34.2. The highest BCUT2D eigenvalue weighted by atomic mass is 19.1. The van der Waals surface area contributed by atoms with Crippen molar-refractivity contribution in [1.29, 1.82) is 0 Å². The van der Waals surface area contributed by atoms with E-state index in [1.165, 1.54) is 23.1 Å². The van der Waals surface area contributed by atoms with Crippen molar-refractivity contribution >= 4 is 41.3 Å². The fourth-order valence-electron chi connectivity index (χ4n) is 8.90. The van der Waals surface area contributed by atoms with Crippen molar-refractivity contribution in [1.82, 2.24) is 25.5 Å². The van der Waals surface area contributed by atoms with Crippen LogP contribution in [-0.2, 0) is 24.7 Å². The van der Waals surface area contributed by atoms with Gasteiger partial charge in [0, 0.05) is 27.9 Å². The number of anilines is 2. The molecule has 0 saturated carbocycles. The lowest BCUT2D eigenvalue weighted by Crippen LogP contribution is -2.50. The molecular formula is C55H45FN8O6. The normalized spacial score (nSPS) is 13.8. The van der Waals surface area contributed by atoms with Crippen molar-refractivity contribution in [2.45, 2.75) is 31.6 Å². The summed E-state index contributed by atoms with van der Waals surface area (Å²) in [7, 11) is 0. The maximum absolute atomic E-state index is 15.9. The van der Waals surface area contributed by atoms with Crippen LogP contribution >= 0.6 is 0 Å². The summed E-state index contributed by atoms with van der Waals surface area (Å²) >= 11 is 0. The lowest BCUT2D eigenvalue weighted by molar-refractivity contribution is -0.145. The van der Waals surface area contributed by atoms with Crippen molar-refractivity contribution in [2.24, 2.45) is 4.99 Å². The summed E-state index contributed by atoms with van der Waals surface area (Å²) in [6.45, 7) is 3.08. The molecule has 0 bridgehead atoms. The van der Waals surface area contributed by atoms with Gasteiger partial charge in [-0.05, 0) is 76.9 Å². The number of benzodiazepines with no additional fused rings is 1. The van der Waals surface area contributed by atoms with Crippen LogP contribution in [0.2, 0.25) is 0 Å². The number of fused-ring (bicyclic) bond motifs is 1. The number of urea groups is 1. The minimum atomic E-state index is -1.71. The van der Waals surface area contributed by atoms with Gasteiger partial charge >= 0.3 is 12.0 Å². The number of hydrogen-bond donors (Lipinski definition) is 2. The van der Waals surface area contributed by atoms with Gasteiger partial charge in [0.1, 0.15) is 29.4 Å². The Bertz CT molecular complexity index is 3130. The van der Waals surface area contributed by atoms with Gasteiger partial charge in [-0.25, -0.2) is 23.7 Å². The van der Waals surface area contributed by atoms with Gasteiger partial charge in [-0.15, -0.1) is 5.10 Å². The molecule has 0 radical (unpaired) electrons. The third-order valence-corrected chi connectivity index (χ3v) is 11.9. The number of aldehydes is 1. The summed E-state index contributed by atoms with van der Waals surface area (Å²) in [6.07, 6.45) is -1.15. The van der Waals surface area contributed by atoms with Crippen LogP contribution < -0.4 is 20.3 Å². The molecule has 0 aliphatic carbocycles. The predicted molar refractivity (Wildman–Crippen MR) is 262 cm³/mol. The first-order valence-electron chi connectivity index (χ1n) is 22.4. The van der Waals surface area contributed by atoms with Crippen LogP contribution in [0, 0.1) is 12.7 Å². The summed E-state index contributed by atoms with van der Waals surface area (Å²) in [4.78, 5) is 61.4. The minimum Gasteiger partial charge on any atom is -0.482 e. The Labute approximate surface area is 402 Å². The third-order valence-electron chi connectivity index (χ3n) is 11.9. The van der Waals surface area contributed by atoms with E-state index in [9.17, 15) is 14.4 Å². The number of tetrazole rings is 1. The number of para-hydroxylation sites is 2. The van der Waals surface area contributed by atoms with Crippen LogP contribution in [0.1, 0.15) is 51.9 Å². The number of ether oxygens (including phenoxy) is 2. The topological polar surface area (TPSA) is 170 Å². The molecule has 2 heterocycles. The number of nitrogens with zero attached hydrogens (tertiary/aromatic N) is 6. The molecule has 0 saturated heterocycles. The lowest BCUT2D eigenvalue weighted by atomic mass is 9.77. The lowest BCUT2D eigenvalue weighted by Gasteiger charge is -2.36. The second-order valence-corrected chi connectivity index (χ2v) is 16.2. The first kappa shape index (κ1) is 46.0. The highest BCUT2D eigenvalue weighted by molar-refractivity contribution is 6.21. The van der Waals surface area contributed by atoms with Gasteiger partial charge in [0.15, 0.2) is 12.4 Å². The SMILES string of the molecule is CCOC(=O)COc1ccccc1C(C=O)N1C(=O)[C@H](NC(=O)Nc2cccc(-c3nnnn3C(c3ccccc3)(c3ccccc3)c3ccccc3)c2)N=C(c2ccccc2F)c2cccc(C)c21. The third kappa shape index (κ3) is 8.90. The number of carbonyl (C=O) groups excluding carboxylic acids is 4. The number of benzene rings is 7. The number of esters is 1. The average molecular weight is 933 g/mol. The predicted octanol–water partition coefficient (Wildman–Crippen LogP) is 8.84. The molecule has 15 heteroatoms. The van der Waals surface area contributed by atoms with Crippen LogP contribution in [0.15, 0.2) is 187 Å². The van der Waals surface area contributed by atoms with Gasteiger partial charge in [-0.2, -0.15) is 0 Å². The minimum absolute atomic E-state index is 0.0556. The molecule has 1 aliphatic heterocycles. The molecule has 0 fully saturated rings. The summed E-state index contributed by atoms with van der Waals surface area (Å²) in [5, 5.41) is 18.9. The molecule has 70 heavy (non-hydrogen) atoms. The molecule has 3 amide bonds. The van der Waals surface area contributed by atoms with Gasteiger partial charge in [0.25, 0.3) is 5.91 Å². The van der Waals surface area contributed by atoms with Crippen LogP contribution in [0.4, 0.5) is 20.6 Å². The molecular weight excluding hydrogens is 888 g/mol. The average Bonchev–Trinajstić information content (AvgIpc) is 3.84. The van der Waals surface area contributed by atoms with Crippen molar-refractivity contribution in [3.05, 3.63) is 227 Å². The summed E-state index contributed by atoms with van der Waals surface area (Å²) in [5.41, 5.74) is 3.97. The quantitative estimate of drug-likeness (QED) is 0.0579. The van der Waals surface area contributed by atoms with Gasteiger partial charge in [0.05, 0.1) is 18.0 Å². The van der Waals surface area contributed by atoms with Crippen LogP contribution in [0.3, 0.4) is 0 Å². The zero-order chi connectivity index (χ0) is 48.6. The number of hydrogen-bond acceptors (Lipinski definition) is 10. The molecule has 1 aromatic heterocycles. The number of aromatic nitrogens is 4. The molecule has 2 atom stereocenters. The fraction of sp³-hybridized carbons (Fsp3) is 0.127. The zero-order valence-corrected chi connectivity index (χ0v) is 38.0. The van der Waals surface area contributed by atoms with Crippen LogP contribution in [0.5, 0.6) is 5.75 Å². The Morgan fingerprint density at radius 2 is 1.39 bits per heavy atom. The van der Waals surface area contributed by atoms with Crippen molar-refractivity contribution in [2.75, 3.05) is 23.4 Å². The van der Waals surface area contributed by atoms with Crippen LogP contribution in [0.25, 0.3) is 11.4 Å². The van der Waals surface area contributed by atoms with E-state index in [2.05, 4.69) is 26.2 Å². The monoisotopic (exact) mass is 932 g/mol. The summed E-state index contributed by atoms with van der Waals surface area (Å²) < 4.78 is 28.5. The second kappa shape index (κ2) is 20.4. The van der Waals surface area contributed by atoms with E-state index in [1.807, 2.05) is 97.1 Å². The van der Waals surface area contributed by atoms with Gasteiger partial charge in [0.2, 0.25) is 6.17 Å². The maximum atomic E-state index is 15.9. The fourth-order valence-corrected chi connectivity index (χ4v) is 8.90. The Morgan fingerprint density at radius 3 is 2.04 bits per heavy atom. The van der Waals surface area contributed by atoms with E-state index in [0.717, 1.165) is 16.7 Å². The number of aliphatic imine (C=N–C) groups is 1. The Kier molecular flexibility index (Phi) is 13.4. The van der Waals surface area contributed by atoms with Crippen LogP contribution in [-0.4, -0.2) is 69.5 Å². The van der Waals surface area contributed by atoms with E-state index in [4.69, 9.17) is 14.5 Å². The maximum Gasteiger partial charge on any atom is 0.344 e. The molecule has 0 spiro atoms. The van der Waals surface area contributed by atoms with Crippen molar-refractivity contribution < 1.29 is 33.0 Å². The smallest absolute Gasteiger partial charge is 0.344 e. The highest BCUT2D eigenvalue weighted by Gasteiger charge is 2.43. The van der Waals surface area contributed by atoms with E-state index in [0.29, 0.717) is 34.5 Å². The number of halogens is 1. The number of carbonyl (C=O) groups is 4. The molecule has 14 nitrogen and oxygen atoms in total. The van der Waals surface area contributed by atoms with Crippen molar-refractivity contribution in [3.8, 4) is 17.1 Å². The number of nitrogens with one attached hydrogen (secondary N) is 2. The number of aryl methyl sites for hydroxylation is 1. The number of amides is 3. The Hall–Kier alpha value is -9.11. The van der Waals surface area contributed by atoms with E-state index < -0.39 is 48.1 Å². The van der Waals surface area contributed by atoms with Crippen molar-refractivity contribution in [3.63, 3.8) is 0 Å². The number of rotatable bonds is 15. The van der Waals surface area contributed by atoms with Gasteiger partial charge < -0.3 is 24.9 Å². The van der Waals surface area contributed by atoms with Gasteiger partial charge in [-0.3, -0.25) is 9.69 Å². The molecule has 2 N–H and O–H groups in total. The zero-order valence-electron chi connectivity index (χ0n) is 38.0. The molecule has 1 unspecified atom stereocenters. The molecule has 8 aromatic rings. The molecule has 7 aromatic carbocycles. The molecule has 1 aliphatic rings. The van der Waals surface area contributed by atoms with E-state index in [-0.39, 0.29) is 34.9 Å². The summed E-state index contributed by atoms with van der Waals surface area (Å²) in [6, 6.07) is 52.1. The first-order valence-corrected chi connectivity index (χ1v) is 22.4. The Balaban J connectivity index is 1.10. The molecule has 348 valence electrons. The van der Waals surface area contributed by atoms with E-state index >= 15 is 9.18 Å². The van der Waals surface area contributed by atoms with Gasteiger partial charge in [-0.1, -0.05) is 152 Å².